The third-order valence-corrected chi connectivity index (χ3v) is 8.14. The number of aliphatic hydroxyl groups excluding tert-OH is 2. The van der Waals surface area contributed by atoms with E-state index in [0.717, 1.165) is 6.07 Å². The van der Waals surface area contributed by atoms with Gasteiger partial charge in [0.1, 0.15) is 17.0 Å². The number of amides is 1. The second kappa shape index (κ2) is 13.8. The van der Waals surface area contributed by atoms with Crippen molar-refractivity contribution in [1.82, 2.24) is 10.6 Å². The van der Waals surface area contributed by atoms with Gasteiger partial charge >= 0.3 is 0 Å². The van der Waals surface area contributed by atoms with Crippen molar-refractivity contribution in [1.29, 1.82) is 5.26 Å². The Balaban J connectivity index is 2.23. The minimum atomic E-state index is -1.82. The fourth-order valence-corrected chi connectivity index (χ4v) is 5.90. The van der Waals surface area contributed by atoms with E-state index in [0.29, 0.717) is 6.42 Å². The highest BCUT2D eigenvalue weighted by Crippen LogP contribution is 2.53. The zero-order chi connectivity index (χ0) is 30.4. The van der Waals surface area contributed by atoms with Gasteiger partial charge in [0.25, 0.3) is 0 Å². The summed E-state index contributed by atoms with van der Waals surface area (Å²) in [6.45, 7) is 3.45. The van der Waals surface area contributed by atoms with Crippen molar-refractivity contribution in [3.63, 3.8) is 0 Å². The van der Waals surface area contributed by atoms with Crippen molar-refractivity contribution in [3.05, 3.63) is 79.6 Å². The zero-order valence-electron chi connectivity index (χ0n) is 22.6. The van der Waals surface area contributed by atoms with Crippen LogP contribution in [-0.2, 0) is 10.2 Å². The van der Waals surface area contributed by atoms with Crippen molar-refractivity contribution < 1.29 is 23.8 Å². The molecule has 1 amide bonds. The molecule has 2 aromatic rings. The monoisotopic (exact) mass is 608 g/mol. The van der Waals surface area contributed by atoms with E-state index >= 15 is 8.78 Å². The van der Waals surface area contributed by atoms with Gasteiger partial charge in [-0.2, -0.15) is 5.26 Å². The van der Waals surface area contributed by atoms with Gasteiger partial charge in [0.2, 0.25) is 5.91 Å². The van der Waals surface area contributed by atoms with Crippen molar-refractivity contribution in [2.24, 2.45) is 10.5 Å². The Kier molecular flexibility index (Phi) is 11.0. The van der Waals surface area contributed by atoms with Crippen LogP contribution < -0.4 is 10.6 Å². The number of aliphatic hydroxyl groups is 2. The lowest BCUT2D eigenvalue weighted by atomic mass is 9.62. The molecule has 0 unspecified atom stereocenters. The molecule has 2 aromatic carbocycles. The van der Waals surface area contributed by atoms with Crippen molar-refractivity contribution in [3.8, 4) is 6.07 Å². The Labute approximate surface area is 247 Å². The molecule has 0 aliphatic carbocycles. The van der Waals surface area contributed by atoms with Gasteiger partial charge in [0.15, 0.2) is 0 Å². The van der Waals surface area contributed by atoms with Crippen LogP contribution in [0.4, 0.5) is 8.78 Å². The van der Waals surface area contributed by atoms with Crippen LogP contribution in [0.25, 0.3) is 10.4 Å². The fourth-order valence-electron chi connectivity index (χ4n) is 5.56. The molecule has 0 saturated carbocycles. The maximum absolute atomic E-state index is 15.7. The maximum Gasteiger partial charge on any atom is 0.237 e. The number of nitrogens with zero attached hydrogens (tertiary/aromatic N) is 4. The molecule has 1 saturated heterocycles. The van der Waals surface area contributed by atoms with E-state index in [1.165, 1.54) is 30.3 Å². The molecule has 1 heterocycles. The van der Waals surface area contributed by atoms with Crippen LogP contribution >= 0.6 is 23.2 Å². The summed E-state index contributed by atoms with van der Waals surface area (Å²) < 4.78 is 31.4. The number of hydrogen-bond acceptors (Lipinski definition) is 6. The number of nitrogens with one attached hydrogen (secondary N) is 2. The van der Waals surface area contributed by atoms with Gasteiger partial charge < -0.3 is 20.8 Å². The summed E-state index contributed by atoms with van der Waals surface area (Å²) in [5.74, 6) is -3.49. The molecule has 0 radical (unpaired) electrons. The number of carbonyl (C=O) groups is 1. The molecule has 13 heteroatoms. The highest BCUT2D eigenvalue weighted by molar-refractivity contribution is 6.31. The van der Waals surface area contributed by atoms with E-state index in [-0.39, 0.29) is 47.1 Å². The SMILES string of the molecule is CC(C)(CCN=[N+]=[N-])C[C@@H]1N[C@@H](C(=O)NCC[C@H](O)CO)[C@H](c2cccc(Cl)c2F)[C@@]1(C#N)c1ccc(Cl)cc1F. The summed E-state index contributed by atoms with van der Waals surface area (Å²) in [5, 5.41) is 39.1. The average molecular weight is 610 g/mol. The Morgan fingerprint density at radius 2 is 2.07 bits per heavy atom. The van der Waals surface area contributed by atoms with Crippen LogP contribution in [0.1, 0.15) is 50.2 Å². The summed E-state index contributed by atoms with van der Waals surface area (Å²) in [7, 11) is 0. The van der Waals surface area contributed by atoms with E-state index < -0.39 is 59.1 Å². The standard InChI is InChI=1S/C28H32Cl2F2N6O3/c1-27(2,9-11-36-38-34)13-22-28(15-33,19-7-6-16(29)12-21(19)31)23(18-4-3-5-20(30)24(18)32)25(37-22)26(41)35-10-8-17(40)14-39/h3-7,12,17,22-23,25,37,39-40H,8-11,13-14H2,1-2H3,(H,35,41)/t17-,22-,23-,25+,28-/m0/s1. The van der Waals surface area contributed by atoms with Crippen LogP contribution in [0, 0.1) is 28.4 Å². The molecule has 1 aliphatic rings. The molecule has 1 aliphatic heterocycles. The van der Waals surface area contributed by atoms with E-state index in [4.69, 9.17) is 33.8 Å². The van der Waals surface area contributed by atoms with Gasteiger partial charge in [0, 0.05) is 40.5 Å². The second-order valence-corrected chi connectivity index (χ2v) is 11.8. The molecule has 0 spiro atoms. The topological polar surface area (TPSA) is 154 Å². The number of azide groups is 1. The van der Waals surface area contributed by atoms with Crippen molar-refractivity contribution in [2.45, 2.75) is 62.6 Å². The first kappa shape index (κ1) is 32.5. The maximum atomic E-state index is 15.7. The minimum Gasteiger partial charge on any atom is -0.394 e. The predicted octanol–water partition coefficient (Wildman–Crippen LogP) is 5.13. The number of benzene rings is 2. The first-order valence-electron chi connectivity index (χ1n) is 13.1. The molecule has 0 bridgehead atoms. The van der Waals surface area contributed by atoms with E-state index in [9.17, 15) is 15.2 Å². The Bertz CT molecular complexity index is 1350. The third-order valence-electron chi connectivity index (χ3n) is 7.61. The lowest BCUT2D eigenvalue weighted by Crippen LogP contribution is -2.46. The summed E-state index contributed by atoms with van der Waals surface area (Å²) in [4.78, 5) is 16.4. The van der Waals surface area contributed by atoms with E-state index in [1.54, 1.807) is 0 Å². The van der Waals surface area contributed by atoms with Crippen LogP contribution in [0.3, 0.4) is 0 Å². The Hall–Kier alpha value is -2.97. The van der Waals surface area contributed by atoms with Gasteiger partial charge in [-0.3, -0.25) is 4.79 Å². The molecular weight excluding hydrogens is 577 g/mol. The van der Waals surface area contributed by atoms with Crippen molar-refractivity contribution in [2.75, 3.05) is 19.7 Å². The van der Waals surface area contributed by atoms with Crippen molar-refractivity contribution >= 4 is 29.1 Å². The molecule has 1 fully saturated rings. The van der Waals surface area contributed by atoms with Gasteiger partial charge in [-0.1, -0.05) is 60.4 Å². The first-order valence-corrected chi connectivity index (χ1v) is 13.8. The molecule has 4 N–H and O–H groups in total. The van der Waals surface area contributed by atoms with Crippen LogP contribution in [-0.4, -0.2) is 54.0 Å². The van der Waals surface area contributed by atoms with Gasteiger partial charge in [-0.15, -0.1) is 0 Å². The fraction of sp³-hybridized carbons (Fsp3) is 0.500. The number of halogens is 4. The largest absolute Gasteiger partial charge is 0.394 e. The lowest BCUT2D eigenvalue weighted by molar-refractivity contribution is -0.123. The quantitative estimate of drug-likeness (QED) is 0.149. The molecule has 9 nitrogen and oxygen atoms in total. The number of carbonyl (C=O) groups excluding carboxylic acids is 1. The van der Waals surface area contributed by atoms with Crippen LogP contribution in [0.15, 0.2) is 41.5 Å². The van der Waals surface area contributed by atoms with Crippen LogP contribution in [0.5, 0.6) is 0 Å². The normalized spacial score (nSPS) is 23.0. The number of rotatable bonds is 12. The van der Waals surface area contributed by atoms with Gasteiger partial charge in [-0.25, -0.2) is 8.78 Å². The Morgan fingerprint density at radius 1 is 1.34 bits per heavy atom. The highest BCUT2D eigenvalue weighted by Gasteiger charge is 2.61. The first-order chi connectivity index (χ1) is 19.4. The smallest absolute Gasteiger partial charge is 0.237 e. The second-order valence-electron chi connectivity index (χ2n) is 10.9. The zero-order valence-corrected chi connectivity index (χ0v) is 24.1. The van der Waals surface area contributed by atoms with Gasteiger partial charge in [-0.05, 0) is 54.0 Å². The molecule has 41 heavy (non-hydrogen) atoms. The lowest BCUT2D eigenvalue weighted by Gasteiger charge is -2.38. The van der Waals surface area contributed by atoms with Crippen LogP contribution in [0.2, 0.25) is 10.0 Å². The summed E-state index contributed by atoms with van der Waals surface area (Å²) in [6, 6.07) is 8.27. The van der Waals surface area contributed by atoms with E-state index in [2.05, 4.69) is 26.7 Å². The minimum absolute atomic E-state index is 0.0132. The summed E-state index contributed by atoms with van der Waals surface area (Å²) >= 11 is 12.2. The predicted molar refractivity (Wildman–Crippen MR) is 151 cm³/mol. The van der Waals surface area contributed by atoms with Gasteiger partial charge in [0.05, 0.1) is 29.8 Å². The molecule has 220 valence electrons. The molecule has 3 rings (SSSR count). The Morgan fingerprint density at radius 3 is 2.71 bits per heavy atom. The summed E-state index contributed by atoms with van der Waals surface area (Å²) in [5.41, 5.74) is 6.23. The highest BCUT2D eigenvalue weighted by atomic mass is 35.5. The number of hydrogen-bond donors (Lipinski definition) is 4. The summed E-state index contributed by atoms with van der Waals surface area (Å²) in [6.07, 6.45) is -0.365. The molecule has 5 atom stereocenters. The van der Waals surface area contributed by atoms with E-state index in [1.807, 2.05) is 13.8 Å². The molecular formula is C28H32Cl2F2N6O3. The molecule has 0 aromatic heterocycles. The number of nitriles is 1. The third kappa shape index (κ3) is 7.09. The average Bonchev–Trinajstić information content (AvgIpc) is 3.23.